The van der Waals surface area contributed by atoms with E-state index in [-0.39, 0.29) is 12.2 Å². The van der Waals surface area contributed by atoms with E-state index in [1.807, 2.05) is 31.2 Å². The van der Waals surface area contributed by atoms with Crippen molar-refractivity contribution in [2.75, 3.05) is 0 Å². The zero-order valence-electron chi connectivity index (χ0n) is 11.4. The van der Waals surface area contributed by atoms with Crippen molar-refractivity contribution in [2.45, 2.75) is 13.3 Å². The summed E-state index contributed by atoms with van der Waals surface area (Å²) < 4.78 is 26.1. The summed E-state index contributed by atoms with van der Waals surface area (Å²) in [6, 6.07) is 11.1. The molecule has 0 fully saturated rings. The Morgan fingerprint density at radius 1 is 1.10 bits per heavy atom. The highest BCUT2D eigenvalue weighted by molar-refractivity contribution is 6.09. The number of H-pyrrole nitrogens is 1. The molecule has 0 aliphatic rings. The Labute approximate surface area is 120 Å². The van der Waals surface area contributed by atoms with E-state index >= 15 is 0 Å². The minimum absolute atomic E-state index is 0.0416. The summed E-state index contributed by atoms with van der Waals surface area (Å²) >= 11 is 0. The number of carbonyl (C=O) groups is 1. The van der Waals surface area contributed by atoms with Gasteiger partial charge in [0.05, 0.1) is 0 Å². The van der Waals surface area contributed by atoms with Gasteiger partial charge in [-0.25, -0.2) is 8.78 Å². The molecule has 0 unspecified atom stereocenters. The summed E-state index contributed by atoms with van der Waals surface area (Å²) in [5, 5.41) is 0.850. The summed E-state index contributed by atoms with van der Waals surface area (Å²) in [5.74, 6) is -1.96. The molecule has 1 N–H and O–H groups in total. The number of Topliss-reactive ketones (excluding diaryl/α,β-unsaturated/α-hetero) is 1. The molecular formula is C17H13F2NO. The molecule has 0 aliphatic carbocycles. The van der Waals surface area contributed by atoms with E-state index in [0.29, 0.717) is 11.1 Å². The Hall–Kier alpha value is -2.49. The number of aromatic amines is 1. The van der Waals surface area contributed by atoms with Gasteiger partial charge in [0.1, 0.15) is 0 Å². The van der Waals surface area contributed by atoms with E-state index in [1.54, 1.807) is 0 Å². The number of hydrogen-bond acceptors (Lipinski definition) is 1. The van der Waals surface area contributed by atoms with Crippen molar-refractivity contribution in [3.63, 3.8) is 0 Å². The van der Waals surface area contributed by atoms with Gasteiger partial charge >= 0.3 is 0 Å². The Morgan fingerprint density at radius 2 is 1.86 bits per heavy atom. The van der Waals surface area contributed by atoms with Gasteiger partial charge in [0.15, 0.2) is 17.4 Å². The fourth-order valence-electron chi connectivity index (χ4n) is 2.56. The van der Waals surface area contributed by atoms with E-state index in [2.05, 4.69) is 4.98 Å². The summed E-state index contributed by atoms with van der Waals surface area (Å²) in [4.78, 5) is 15.6. The zero-order valence-corrected chi connectivity index (χ0v) is 11.4. The normalized spacial score (nSPS) is 11.0. The van der Waals surface area contributed by atoms with Gasteiger partial charge in [-0.2, -0.15) is 0 Å². The number of para-hydroxylation sites is 1. The Bertz CT molecular complexity index is 836. The van der Waals surface area contributed by atoms with Crippen LogP contribution in [0.15, 0.2) is 42.5 Å². The highest BCUT2D eigenvalue weighted by atomic mass is 19.2. The summed E-state index contributed by atoms with van der Waals surface area (Å²) in [5.41, 5.74) is 2.74. The fraction of sp³-hybridized carbons (Fsp3) is 0.118. The standard InChI is InChI=1S/C17H13F2NO/c1-10-17(12-4-2-3-5-15(12)20-10)16(21)9-11-6-7-13(18)14(19)8-11/h2-8,20H,9H2,1H3. The second kappa shape index (κ2) is 5.13. The lowest BCUT2D eigenvalue weighted by molar-refractivity contribution is 0.0994. The quantitative estimate of drug-likeness (QED) is 0.719. The minimum Gasteiger partial charge on any atom is -0.358 e. The van der Waals surface area contributed by atoms with Crippen LogP contribution in [0.4, 0.5) is 8.78 Å². The molecular weight excluding hydrogens is 272 g/mol. The molecule has 3 rings (SSSR count). The highest BCUT2D eigenvalue weighted by Gasteiger charge is 2.16. The Morgan fingerprint density at radius 3 is 2.62 bits per heavy atom. The number of halogens is 2. The fourth-order valence-corrected chi connectivity index (χ4v) is 2.56. The van der Waals surface area contributed by atoms with Crippen molar-refractivity contribution in [2.24, 2.45) is 0 Å². The molecule has 3 aromatic rings. The second-order valence-corrected chi connectivity index (χ2v) is 5.02. The first-order valence-electron chi connectivity index (χ1n) is 6.60. The number of aromatic nitrogens is 1. The summed E-state index contributed by atoms with van der Waals surface area (Å²) in [6.45, 7) is 1.83. The third-order valence-electron chi connectivity index (χ3n) is 3.52. The van der Waals surface area contributed by atoms with Gasteiger partial charge < -0.3 is 4.98 Å². The average Bonchev–Trinajstić information content (AvgIpc) is 2.78. The van der Waals surface area contributed by atoms with Crippen molar-refractivity contribution >= 4 is 16.7 Å². The number of hydrogen-bond donors (Lipinski definition) is 1. The first kappa shape index (κ1) is 13.5. The van der Waals surface area contributed by atoms with Gasteiger partial charge in [0.2, 0.25) is 0 Å². The molecule has 2 nitrogen and oxygen atoms in total. The van der Waals surface area contributed by atoms with E-state index in [4.69, 9.17) is 0 Å². The van der Waals surface area contributed by atoms with Crippen LogP contribution in [0, 0.1) is 18.6 Å². The van der Waals surface area contributed by atoms with Crippen LogP contribution in [0.2, 0.25) is 0 Å². The van der Waals surface area contributed by atoms with Crippen molar-refractivity contribution in [1.29, 1.82) is 0 Å². The van der Waals surface area contributed by atoms with E-state index in [0.717, 1.165) is 28.7 Å². The molecule has 0 bridgehead atoms. The van der Waals surface area contributed by atoms with Crippen molar-refractivity contribution in [3.8, 4) is 0 Å². The lowest BCUT2D eigenvalue weighted by atomic mass is 10.0. The topological polar surface area (TPSA) is 32.9 Å². The Kier molecular flexibility index (Phi) is 3.29. The first-order chi connectivity index (χ1) is 10.1. The molecule has 106 valence electrons. The predicted molar refractivity (Wildman–Crippen MR) is 77.4 cm³/mol. The second-order valence-electron chi connectivity index (χ2n) is 5.02. The van der Waals surface area contributed by atoms with Crippen LogP contribution in [0.5, 0.6) is 0 Å². The number of nitrogens with one attached hydrogen (secondary N) is 1. The molecule has 0 saturated heterocycles. The highest BCUT2D eigenvalue weighted by Crippen LogP contribution is 2.23. The molecule has 2 aromatic carbocycles. The number of benzene rings is 2. The maximum absolute atomic E-state index is 13.2. The van der Waals surface area contributed by atoms with Crippen LogP contribution in [-0.2, 0) is 6.42 Å². The molecule has 0 amide bonds. The molecule has 21 heavy (non-hydrogen) atoms. The van der Waals surface area contributed by atoms with Gasteiger partial charge in [0, 0.05) is 28.6 Å². The first-order valence-corrected chi connectivity index (χ1v) is 6.60. The van der Waals surface area contributed by atoms with E-state index in [9.17, 15) is 13.6 Å². The number of fused-ring (bicyclic) bond motifs is 1. The van der Waals surface area contributed by atoms with Crippen LogP contribution in [0.1, 0.15) is 21.6 Å². The van der Waals surface area contributed by atoms with Crippen molar-refractivity contribution in [1.82, 2.24) is 4.98 Å². The third kappa shape index (κ3) is 2.44. The molecule has 0 aliphatic heterocycles. The molecule has 0 radical (unpaired) electrons. The van der Waals surface area contributed by atoms with Gasteiger partial charge in [-0.05, 0) is 30.7 Å². The largest absolute Gasteiger partial charge is 0.358 e. The molecule has 0 spiro atoms. The van der Waals surface area contributed by atoms with Crippen LogP contribution in [0.3, 0.4) is 0 Å². The number of aryl methyl sites for hydroxylation is 1. The minimum atomic E-state index is -0.934. The lowest BCUT2D eigenvalue weighted by Crippen LogP contribution is -2.05. The van der Waals surface area contributed by atoms with Crippen LogP contribution in [-0.4, -0.2) is 10.8 Å². The Balaban J connectivity index is 1.97. The number of rotatable bonds is 3. The number of ketones is 1. The third-order valence-corrected chi connectivity index (χ3v) is 3.52. The van der Waals surface area contributed by atoms with Crippen molar-refractivity contribution < 1.29 is 13.6 Å². The smallest absolute Gasteiger partial charge is 0.169 e. The molecule has 1 heterocycles. The lowest BCUT2D eigenvalue weighted by Gasteiger charge is -2.03. The van der Waals surface area contributed by atoms with Crippen LogP contribution >= 0.6 is 0 Å². The zero-order chi connectivity index (χ0) is 15.0. The van der Waals surface area contributed by atoms with Crippen LogP contribution < -0.4 is 0 Å². The monoisotopic (exact) mass is 285 g/mol. The number of carbonyl (C=O) groups excluding carboxylic acids is 1. The molecule has 0 atom stereocenters. The van der Waals surface area contributed by atoms with Gasteiger partial charge in [-0.1, -0.05) is 24.3 Å². The molecule has 4 heteroatoms. The van der Waals surface area contributed by atoms with Gasteiger partial charge in [0.25, 0.3) is 0 Å². The maximum atomic E-state index is 13.2. The van der Waals surface area contributed by atoms with Crippen molar-refractivity contribution in [3.05, 3.63) is 70.9 Å². The van der Waals surface area contributed by atoms with Crippen LogP contribution in [0.25, 0.3) is 10.9 Å². The van der Waals surface area contributed by atoms with E-state index < -0.39 is 11.6 Å². The van der Waals surface area contributed by atoms with E-state index in [1.165, 1.54) is 6.07 Å². The predicted octanol–water partition coefficient (Wildman–Crippen LogP) is 4.18. The maximum Gasteiger partial charge on any atom is 0.169 e. The van der Waals surface area contributed by atoms with Gasteiger partial charge in [-0.15, -0.1) is 0 Å². The molecule has 0 saturated carbocycles. The van der Waals surface area contributed by atoms with Gasteiger partial charge in [-0.3, -0.25) is 4.79 Å². The average molecular weight is 285 g/mol. The summed E-state index contributed by atoms with van der Waals surface area (Å²) in [7, 11) is 0. The summed E-state index contributed by atoms with van der Waals surface area (Å²) in [6.07, 6.45) is 0.0416. The SMILES string of the molecule is Cc1[nH]c2ccccc2c1C(=O)Cc1ccc(F)c(F)c1. The molecule has 1 aromatic heterocycles.